The van der Waals surface area contributed by atoms with Gasteiger partial charge in [0.15, 0.2) is 0 Å². The predicted octanol–water partition coefficient (Wildman–Crippen LogP) is 5.16. The molecular weight excluding hydrogens is 408 g/mol. The molecule has 1 atom stereocenters. The SMILES string of the molecule is Cc1c(C(C(=O)O)C(C)(C)C)c2cc(O)ccc2n1C(=O)c1ccc(OC(F)F)cc1. The Morgan fingerprint density at radius 2 is 1.68 bits per heavy atom. The third kappa shape index (κ3) is 4.23. The summed E-state index contributed by atoms with van der Waals surface area (Å²) in [6, 6.07) is 9.68. The molecule has 31 heavy (non-hydrogen) atoms. The average Bonchev–Trinajstić information content (AvgIpc) is 2.91. The fourth-order valence-corrected chi connectivity index (χ4v) is 3.89. The van der Waals surface area contributed by atoms with E-state index in [9.17, 15) is 28.6 Å². The van der Waals surface area contributed by atoms with Crippen LogP contribution >= 0.6 is 0 Å². The molecule has 0 saturated carbocycles. The number of ether oxygens (including phenoxy) is 1. The molecule has 3 rings (SSSR count). The standard InChI is InChI=1S/C23H23F2NO5/c1-12-18(19(21(29)30)23(2,3)4)16-11-14(27)7-10-17(16)26(12)20(28)13-5-8-15(9-6-13)31-22(24)25/h5-11,19,22,27H,1-4H3,(H,29,30). The fraction of sp³-hybridized carbons (Fsp3) is 0.304. The summed E-state index contributed by atoms with van der Waals surface area (Å²) in [5, 5.41) is 20.4. The number of phenols is 1. The van der Waals surface area contributed by atoms with Crippen LogP contribution in [-0.2, 0) is 4.79 Å². The third-order valence-corrected chi connectivity index (χ3v) is 5.17. The summed E-state index contributed by atoms with van der Waals surface area (Å²) in [5.41, 5.74) is 0.860. The molecule has 0 spiro atoms. The maximum atomic E-state index is 13.3. The van der Waals surface area contributed by atoms with Crippen molar-refractivity contribution in [2.24, 2.45) is 5.41 Å². The van der Waals surface area contributed by atoms with Crippen LogP contribution in [0.5, 0.6) is 11.5 Å². The Balaban J connectivity index is 2.21. The van der Waals surface area contributed by atoms with Crippen LogP contribution in [0.15, 0.2) is 42.5 Å². The molecule has 2 aromatic carbocycles. The molecule has 0 saturated heterocycles. The number of nitrogens with zero attached hydrogens (tertiary/aromatic N) is 1. The molecule has 1 aromatic heterocycles. The highest BCUT2D eigenvalue weighted by Gasteiger charge is 2.37. The van der Waals surface area contributed by atoms with E-state index in [1.54, 1.807) is 33.8 Å². The molecule has 0 aliphatic carbocycles. The highest BCUT2D eigenvalue weighted by molar-refractivity contribution is 6.05. The number of halogens is 2. The molecule has 8 heteroatoms. The van der Waals surface area contributed by atoms with Gasteiger partial charge in [0.05, 0.1) is 11.4 Å². The van der Waals surface area contributed by atoms with E-state index in [1.165, 1.54) is 41.0 Å². The second kappa shape index (κ2) is 8.02. The summed E-state index contributed by atoms with van der Waals surface area (Å²) in [4.78, 5) is 25.5. The zero-order valence-corrected chi connectivity index (χ0v) is 17.5. The first-order chi connectivity index (χ1) is 14.4. The van der Waals surface area contributed by atoms with E-state index >= 15 is 0 Å². The van der Waals surface area contributed by atoms with Crippen LogP contribution < -0.4 is 4.74 Å². The Kier molecular flexibility index (Phi) is 5.76. The number of fused-ring (bicyclic) bond motifs is 1. The van der Waals surface area contributed by atoms with Crippen molar-refractivity contribution in [3.63, 3.8) is 0 Å². The molecule has 1 unspecified atom stereocenters. The zero-order chi connectivity index (χ0) is 23.1. The van der Waals surface area contributed by atoms with Crippen molar-refractivity contribution < 1.29 is 33.3 Å². The summed E-state index contributed by atoms with van der Waals surface area (Å²) >= 11 is 0. The summed E-state index contributed by atoms with van der Waals surface area (Å²) in [6.07, 6.45) is 0. The number of benzene rings is 2. The second-order valence-electron chi connectivity index (χ2n) is 8.38. The van der Waals surface area contributed by atoms with E-state index < -0.39 is 29.8 Å². The number of hydrogen-bond donors (Lipinski definition) is 2. The molecule has 1 heterocycles. The van der Waals surface area contributed by atoms with E-state index in [0.29, 0.717) is 22.2 Å². The maximum absolute atomic E-state index is 13.3. The van der Waals surface area contributed by atoms with E-state index in [4.69, 9.17) is 0 Å². The lowest BCUT2D eigenvalue weighted by Gasteiger charge is -2.27. The maximum Gasteiger partial charge on any atom is 0.387 e. The number of phenolic OH excluding ortho intramolecular Hbond substituents is 1. The quantitative estimate of drug-likeness (QED) is 0.583. The molecule has 2 N–H and O–H groups in total. The van der Waals surface area contributed by atoms with Gasteiger partial charge in [0, 0.05) is 16.6 Å². The van der Waals surface area contributed by atoms with E-state index in [2.05, 4.69) is 4.74 Å². The lowest BCUT2D eigenvalue weighted by molar-refractivity contribution is -0.141. The lowest BCUT2D eigenvalue weighted by atomic mass is 9.75. The summed E-state index contributed by atoms with van der Waals surface area (Å²) in [5.74, 6) is -2.57. The van der Waals surface area contributed by atoms with Crippen molar-refractivity contribution in [3.8, 4) is 11.5 Å². The average molecular weight is 431 g/mol. The van der Waals surface area contributed by atoms with Gasteiger partial charge in [-0.1, -0.05) is 20.8 Å². The molecule has 0 radical (unpaired) electrons. The van der Waals surface area contributed by atoms with Gasteiger partial charge in [-0.3, -0.25) is 14.2 Å². The van der Waals surface area contributed by atoms with Gasteiger partial charge in [0.1, 0.15) is 11.5 Å². The van der Waals surface area contributed by atoms with Crippen molar-refractivity contribution in [1.82, 2.24) is 4.57 Å². The van der Waals surface area contributed by atoms with Gasteiger partial charge in [0.25, 0.3) is 5.91 Å². The number of aromatic nitrogens is 1. The first-order valence-corrected chi connectivity index (χ1v) is 9.58. The van der Waals surface area contributed by atoms with Crippen molar-refractivity contribution in [2.45, 2.75) is 40.2 Å². The number of alkyl halides is 2. The van der Waals surface area contributed by atoms with Gasteiger partial charge in [-0.25, -0.2) is 0 Å². The monoisotopic (exact) mass is 431 g/mol. The van der Waals surface area contributed by atoms with Crippen LogP contribution in [0.4, 0.5) is 8.78 Å². The number of aliphatic carboxylic acids is 1. The van der Waals surface area contributed by atoms with Crippen LogP contribution in [0.3, 0.4) is 0 Å². The minimum Gasteiger partial charge on any atom is -0.508 e. The summed E-state index contributed by atoms with van der Waals surface area (Å²) in [7, 11) is 0. The van der Waals surface area contributed by atoms with Crippen molar-refractivity contribution >= 4 is 22.8 Å². The lowest BCUT2D eigenvalue weighted by Crippen LogP contribution is -2.27. The molecule has 164 valence electrons. The van der Waals surface area contributed by atoms with Gasteiger partial charge < -0.3 is 14.9 Å². The Labute approximate surface area is 177 Å². The van der Waals surface area contributed by atoms with Crippen LogP contribution in [0.1, 0.15) is 48.3 Å². The second-order valence-corrected chi connectivity index (χ2v) is 8.38. The smallest absolute Gasteiger partial charge is 0.387 e. The highest BCUT2D eigenvalue weighted by Crippen LogP contribution is 2.42. The zero-order valence-electron chi connectivity index (χ0n) is 17.5. The topological polar surface area (TPSA) is 88.8 Å². The minimum absolute atomic E-state index is 0.0510. The van der Waals surface area contributed by atoms with E-state index in [-0.39, 0.29) is 17.1 Å². The van der Waals surface area contributed by atoms with Crippen molar-refractivity contribution in [2.75, 3.05) is 0 Å². The van der Waals surface area contributed by atoms with E-state index in [1.807, 2.05) is 0 Å². The molecule has 0 amide bonds. The molecule has 0 aliphatic heterocycles. The van der Waals surface area contributed by atoms with Crippen molar-refractivity contribution in [3.05, 3.63) is 59.3 Å². The third-order valence-electron chi connectivity index (χ3n) is 5.17. The van der Waals surface area contributed by atoms with E-state index in [0.717, 1.165) is 0 Å². The van der Waals surface area contributed by atoms with Crippen LogP contribution in [0.2, 0.25) is 0 Å². The Hall–Kier alpha value is -3.42. The molecule has 0 aliphatic rings. The van der Waals surface area contributed by atoms with Crippen LogP contribution in [-0.4, -0.2) is 33.3 Å². The molecular formula is C23H23F2NO5. The fourth-order valence-electron chi connectivity index (χ4n) is 3.89. The number of aromatic hydroxyl groups is 1. The Bertz CT molecular complexity index is 1140. The Morgan fingerprint density at radius 1 is 1.06 bits per heavy atom. The molecule has 3 aromatic rings. The number of carboxylic acids is 1. The number of carbonyl (C=O) groups excluding carboxylic acids is 1. The number of carboxylic acid groups (broad SMARTS) is 1. The minimum atomic E-state index is -2.97. The highest BCUT2D eigenvalue weighted by atomic mass is 19.3. The largest absolute Gasteiger partial charge is 0.508 e. The summed E-state index contributed by atoms with van der Waals surface area (Å²) in [6.45, 7) is 4.06. The van der Waals surface area contributed by atoms with Gasteiger partial charge in [-0.05, 0) is 60.4 Å². The van der Waals surface area contributed by atoms with Crippen molar-refractivity contribution in [1.29, 1.82) is 0 Å². The van der Waals surface area contributed by atoms with Crippen LogP contribution in [0.25, 0.3) is 10.9 Å². The van der Waals surface area contributed by atoms with Gasteiger partial charge in [-0.2, -0.15) is 8.78 Å². The first-order valence-electron chi connectivity index (χ1n) is 9.58. The van der Waals surface area contributed by atoms with Gasteiger partial charge in [0.2, 0.25) is 0 Å². The first kappa shape index (κ1) is 22.3. The van der Waals surface area contributed by atoms with Gasteiger partial charge >= 0.3 is 12.6 Å². The summed E-state index contributed by atoms with van der Waals surface area (Å²) < 4.78 is 30.5. The number of hydrogen-bond acceptors (Lipinski definition) is 4. The van der Waals surface area contributed by atoms with Crippen LogP contribution in [0, 0.1) is 12.3 Å². The molecule has 0 fully saturated rings. The molecule has 0 bridgehead atoms. The predicted molar refractivity (Wildman–Crippen MR) is 111 cm³/mol. The number of carbonyl (C=O) groups is 2. The Morgan fingerprint density at radius 3 is 2.19 bits per heavy atom. The normalized spacial score (nSPS) is 12.9. The molecule has 6 nitrogen and oxygen atoms in total. The van der Waals surface area contributed by atoms with Gasteiger partial charge in [-0.15, -0.1) is 0 Å². The number of rotatable bonds is 5.